The smallest absolute Gasteiger partial charge is 0.0383 e. The van der Waals surface area contributed by atoms with Gasteiger partial charge in [-0.2, -0.15) is 0 Å². The minimum Gasteiger partial charge on any atom is -0.0625 e. The Morgan fingerprint density at radius 3 is 1.69 bits per heavy atom. The van der Waals surface area contributed by atoms with E-state index in [0.29, 0.717) is 5.41 Å². The van der Waals surface area contributed by atoms with Crippen LogP contribution in [0, 0.1) is 23.2 Å². The Balaban J connectivity index is 3.81. The zero-order chi connectivity index (χ0) is 10.6. The molecule has 80 valence electrons. The molecule has 13 heavy (non-hydrogen) atoms. The maximum absolute atomic E-state index is 2.40. The van der Waals surface area contributed by atoms with E-state index < -0.39 is 0 Å². The third-order valence-electron chi connectivity index (χ3n) is 3.30. The van der Waals surface area contributed by atoms with Gasteiger partial charge in [-0.25, -0.2) is 0 Å². The van der Waals surface area contributed by atoms with E-state index in [9.17, 15) is 0 Å². The van der Waals surface area contributed by atoms with Gasteiger partial charge in [0.25, 0.3) is 0 Å². The highest BCUT2D eigenvalue weighted by Gasteiger charge is 2.18. The van der Waals surface area contributed by atoms with Gasteiger partial charge in [0.15, 0.2) is 0 Å². The third kappa shape index (κ3) is 6.12. The van der Waals surface area contributed by atoms with Gasteiger partial charge in [0.05, 0.1) is 0 Å². The maximum atomic E-state index is 2.40. The third-order valence-corrected chi connectivity index (χ3v) is 3.30. The Morgan fingerprint density at radius 2 is 1.38 bits per heavy atom. The summed E-state index contributed by atoms with van der Waals surface area (Å²) in [5.74, 6) is 2.57. The molecule has 0 heteroatoms. The lowest BCUT2D eigenvalue weighted by Gasteiger charge is -2.26. The average Bonchev–Trinajstić information content (AvgIpc) is 1.97. The fraction of sp³-hybridized carbons (Fsp3) is 1.00. The summed E-state index contributed by atoms with van der Waals surface area (Å²) in [6.07, 6.45) is 2.73. The Morgan fingerprint density at radius 1 is 0.923 bits per heavy atom. The van der Waals surface area contributed by atoms with Gasteiger partial charge in [-0.3, -0.25) is 0 Å². The summed E-state index contributed by atoms with van der Waals surface area (Å²) in [4.78, 5) is 0. The summed E-state index contributed by atoms with van der Waals surface area (Å²) in [6, 6.07) is 0. The lowest BCUT2D eigenvalue weighted by Crippen LogP contribution is -2.16. The Bertz CT molecular complexity index is 127. The standard InChI is InChI=1S/C13H28/c1-10(2)12(4)11(3)8-9-13(5,6)7/h10-12H,8-9H2,1-7H3/t11-,12-/m1/s1. The van der Waals surface area contributed by atoms with Crippen LogP contribution < -0.4 is 0 Å². The molecule has 0 saturated carbocycles. The van der Waals surface area contributed by atoms with Crippen LogP contribution >= 0.6 is 0 Å². The fourth-order valence-corrected chi connectivity index (χ4v) is 1.58. The number of rotatable bonds is 4. The van der Waals surface area contributed by atoms with Crippen molar-refractivity contribution in [3.05, 3.63) is 0 Å². The average molecular weight is 184 g/mol. The molecule has 0 aromatic rings. The summed E-state index contributed by atoms with van der Waals surface area (Å²) in [5, 5.41) is 0. The van der Waals surface area contributed by atoms with Crippen LogP contribution in [0.3, 0.4) is 0 Å². The molecule has 0 rings (SSSR count). The van der Waals surface area contributed by atoms with E-state index in [1.807, 2.05) is 0 Å². The largest absolute Gasteiger partial charge is 0.0625 e. The molecule has 0 heterocycles. The summed E-state index contributed by atoms with van der Waals surface area (Å²) in [7, 11) is 0. The molecule has 0 saturated heterocycles. The van der Waals surface area contributed by atoms with Gasteiger partial charge in [-0.05, 0) is 36.0 Å². The van der Waals surface area contributed by atoms with E-state index in [4.69, 9.17) is 0 Å². The van der Waals surface area contributed by atoms with E-state index in [-0.39, 0.29) is 0 Å². The molecule has 0 N–H and O–H groups in total. The van der Waals surface area contributed by atoms with Crippen LogP contribution in [0.25, 0.3) is 0 Å². The normalized spacial score (nSPS) is 17.5. The van der Waals surface area contributed by atoms with Crippen molar-refractivity contribution in [3.8, 4) is 0 Å². The molecule has 0 aliphatic heterocycles. The van der Waals surface area contributed by atoms with Crippen molar-refractivity contribution in [1.82, 2.24) is 0 Å². The number of hydrogen-bond donors (Lipinski definition) is 0. The maximum Gasteiger partial charge on any atom is -0.0383 e. The van der Waals surface area contributed by atoms with Crippen molar-refractivity contribution >= 4 is 0 Å². The second-order valence-electron chi connectivity index (χ2n) is 6.18. The molecular weight excluding hydrogens is 156 g/mol. The lowest BCUT2D eigenvalue weighted by molar-refractivity contribution is 0.242. The van der Waals surface area contributed by atoms with Crippen LogP contribution in [0.2, 0.25) is 0 Å². The van der Waals surface area contributed by atoms with Gasteiger partial charge in [0.2, 0.25) is 0 Å². The van der Waals surface area contributed by atoms with Gasteiger partial charge < -0.3 is 0 Å². The highest BCUT2D eigenvalue weighted by atomic mass is 14.2. The SMILES string of the molecule is CC(C)[C@@H](C)[C@H](C)CCC(C)(C)C. The molecule has 0 aromatic heterocycles. The monoisotopic (exact) mass is 184 g/mol. The topological polar surface area (TPSA) is 0 Å². The van der Waals surface area contributed by atoms with Crippen LogP contribution in [-0.2, 0) is 0 Å². The van der Waals surface area contributed by atoms with Crippen molar-refractivity contribution in [1.29, 1.82) is 0 Å². The van der Waals surface area contributed by atoms with Crippen LogP contribution in [0.4, 0.5) is 0 Å². The molecule has 0 spiro atoms. The zero-order valence-electron chi connectivity index (χ0n) is 10.6. The minimum absolute atomic E-state index is 0.505. The van der Waals surface area contributed by atoms with Gasteiger partial charge in [-0.15, -0.1) is 0 Å². The van der Waals surface area contributed by atoms with E-state index in [0.717, 1.165) is 17.8 Å². The predicted molar refractivity (Wildman–Crippen MR) is 61.9 cm³/mol. The van der Waals surface area contributed by atoms with Gasteiger partial charge in [0, 0.05) is 0 Å². The Kier molecular flexibility index (Phi) is 5.02. The lowest BCUT2D eigenvalue weighted by atomic mass is 9.79. The summed E-state index contributed by atoms with van der Waals surface area (Å²) in [6.45, 7) is 16.4. The first kappa shape index (κ1) is 13.0. The first-order valence-corrected chi connectivity index (χ1v) is 5.74. The van der Waals surface area contributed by atoms with E-state index >= 15 is 0 Å². The highest BCUT2D eigenvalue weighted by molar-refractivity contribution is 4.69. The highest BCUT2D eigenvalue weighted by Crippen LogP contribution is 2.29. The van der Waals surface area contributed by atoms with E-state index in [1.54, 1.807) is 0 Å². The Labute approximate surface area is 85.1 Å². The molecule has 0 aromatic carbocycles. The fourth-order valence-electron chi connectivity index (χ4n) is 1.58. The molecular formula is C13H28. The van der Waals surface area contributed by atoms with Crippen molar-refractivity contribution in [3.63, 3.8) is 0 Å². The molecule has 0 fully saturated rings. The molecule has 0 amide bonds. The van der Waals surface area contributed by atoms with Crippen molar-refractivity contribution in [2.75, 3.05) is 0 Å². The molecule has 0 unspecified atom stereocenters. The molecule has 2 atom stereocenters. The minimum atomic E-state index is 0.505. The quantitative estimate of drug-likeness (QED) is 0.592. The summed E-state index contributed by atoms with van der Waals surface area (Å²) >= 11 is 0. The Hall–Kier alpha value is 0. The van der Waals surface area contributed by atoms with Crippen LogP contribution in [0.1, 0.15) is 61.3 Å². The second kappa shape index (κ2) is 5.02. The molecule has 0 bridgehead atoms. The summed E-state index contributed by atoms with van der Waals surface area (Å²) in [5.41, 5.74) is 0.505. The first-order valence-electron chi connectivity index (χ1n) is 5.74. The van der Waals surface area contributed by atoms with Gasteiger partial charge >= 0.3 is 0 Å². The van der Waals surface area contributed by atoms with Crippen molar-refractivity contribution in [2.45, 2.75) is 61.3 Å². The van der Waals surface area contributed by atoms with E-state index in [1.165, 1.54) is 12.8 Å². The van der Waals surface area contributed by atoms with Crippen molar-refractivity contribution in [2.24, 2.45) is 23.2 Å². The molecule has 0 nitrogen and oxygen atoms in total. The summed E-state index contributed by atoms with van der Waals surface area (Å²) < 4.78 is 0. The molecule has 0 aliphatic rings. The van der Waals surface area contributed by atoms with E-state index in [2.05, 4.69) is 48.5 Å². The van der Waals surface area contributed by atoms with Gasteiger partial charge in [-0.1, -0.05) is 48.5 Å². The van der Waals surface area contributed by atoms with Gasteiger partial charge in [0.1, 0.15) is 0 Å². The predicted octanol–water partition coefficient (Wildman–Crippen LogP) is 4.74. The number of hydrogen-bond acceptors (Lipinski definition) is 0. The van der Waals surface area contributed by atoms with Crippen LogP contribution in [-0.4, -0.2) is 0 Å². The van der Waals surface area contributed by atoms with Crippen LogP contribution in [0.5, 0.6) is 0 Å². The zero-order valence-corrected chi connectivity index (χ0v) is 10.6. The van der Waals surface area contributed by atoms with Crippen molar-refractivity contribution < 1.29 is 0 Å². The molecule has 0 aliphatic carbocycles. The molecule has 0 radical (unpaired) electrons. The second-order valence-corrected chi connectivity index (χ2v) is 6.18. The van der Waals surface area contributed by atoms with Crippen LogP contribution in [0.15, 0.2) is 0 Å². The first-order chi connectivity index (χ1) is 5.74.